The third kappa shape index (κ3) is 5.59. The van der Waals surface area contributed by atoms with E-state index >= 15 is 0 Å². The quantitative estimate of drug-likeness (QED) is 0.470. The van der Waals surface area contributed by atoms with Gasteiger partial charge in [0.25, 0.3) is 11.8 Å². The number of nitrogens with zero attached hydrogens (tertiary/aromatic N) is 1. The Balaban J connectivity index is 1.64. The standard InChI is InChI=1S/C27H27FN4O4/c1-36-16-26(34)32-23-10-7-20(27(35)30-15-18-4-2-3-17(11-18)14-29)12-22(23)31-25(33)13-24(32)19-5-8-21(28)9-6-19/h2-12,24H,13-16,29H2,1H3,(H,30,35)(H,31,33). The lowest BCUT2D eigenvalue weighted by molar-refractivity contribution is -0.122. The summed E-state index contributed by atoms with van der Waals surface area (Å²) in [6, 6.07) is 17.4. The Labute approximate surface area is 208 Å². The molecular weight excluding hydrogens is 463 g/mol. The largest absolute Gasteiger partial charge is 0.375 e. The molecule has 0 saturated heterocycles. The second-order valence-corrected chi connectivity index (χ2v) is 8.46. The van der Waals surface area contributed by atoms with Crippen LogP contribution in [0.1, 0.15) is 39.5 Å². The number of carbonyl (C=O) groups excluding carboxylic acids is 3. The summed E-state index contributed by atoms with van der Waals surface area (Å²) in [5, 5.41) is 5.67. The number of hydrogen-bond acceptors (Lipinski definition) is 5. The molecule has 1 unspecified atom stereocenters. The third-order valence-corrected chi connectivity index (χ3v) is 5.95. The van der Waals surface area contributed by atoms with Gasteiger partial charge in [-0.2, -0.15) is 0 Å². The average Bonchev–Trinajstić information content (AvgIpc) is 3.03. The van der Waals surface area contributed by atoms with Crippen LogP contribution in [-0.2, 0) is 27.4 Å². The number of fused-ring (bicyclic) bond motifs is 1. The molecule has 3 aromatic rings. The van der Waals surface area contributed by atoms with Crippen molar-refractivity contribution in [2.45, 2.75) is 25.6 Å². The minimum atomic E-state index is -0.677. The number of nitrogens with two attached hydrogens (primary N) is 1. The maximum atomic E-state index is 13.5. The maximum Gasteiger partial charge on any atom is 0.253 e. The molecule has 8 nitrogen and oxygen atoms in total. The third-order valence-electron chi connectivity index (χ3n) is 5.95. The summed E-state index contributed by atoms with van der Waals surface area (Å²) in [7, 11) is 1.41. The molecule has 0 aliphatic carbocycles. The lowest BCUT2D eigenvalue weighted by Crippen LogP contribution is -2.37. The predicted octanol–water partition coefficient (Wildman–Crippen LogP) is 3.28. The van der Waals surface area contributed by atoms with Crippen molar-refractivity contribution in [1.82, 2.24) is 5.32 Å². The van der Waals surface area contributed by atoms with E-state index in [1.807, 2.05) is 24.3 Å². The fourth-order valence-electron chi connectivity index (χ4n) is 4.23. The van der Waals surface area contributed by atoms with Crippen LogP contribution in [0.5, 0.6) is 0 Å². The van der Waals surface area contributed by atoms with Gasteiger partial charge in [-0.25, -0.2) is 4.39 Å². The molecule has 0 spiro atoms. The van der Waals surface area contributed by atoms with Crippen LogP contribution in [0.25, 0.3) is 0 Å². The van der Waals surface area contributed by atoms with Gasteiger partial charge in [-0.05, 0) is 47.0 Å². The number of hydrogen-bond donors (Lipinski definition) is 3. The molecule has 0 fully saturated rings. The second-order valence-electron chi connectivity index (χ2n) is 8.46. The zero-order valence-electron chi connectivity index (χ0n) is 19.8. The van der Waals surface area contributed by atoms with E-state index in [1.54, 1.807) is 30.3 Å². The highest BCUT2D eigenvalue weighted by Crippen LogP contribution is 2.38. The Morgan fingerprint density at radius 2 is 1.86 bits per heavy atom. The van der Waals surface area contributed by atoms with Gasteiger partial charge >= 0.3 is 0 Å². The summed E-state index contributed by atoms with van der Waals surface area (Å²) >= 11 is 0. The zero-order valence-corrected chi connectivity index (χ0v) is 19.8. The lowest BCUT2D eigenvalue weighted by Gasteiger charge is -2.30. The summed E-state index contributed by atoms with van der Waals surface area (Å²) in [6.45, 7) is 0.500. The lowest BCUT2D eigenvalue weighted by atomic mass is 10.0. The molecule has 186 valence electrons. The van der Waals surface area contributed by atoms with Crippen molar-refractivity contribution in [3.63, 3.8) is 0 Å². The molecule has 4 rings (SSSR count). The molecule has 1 heterocycles. The van der Waals surface area contributed by atoms with Gasteiger partial charge in [0.2, 0.25) is 5.91 Å². The fourth-order valence-corrected chi connectivity index (χ4v) is 4.23. The van der Waals surface area contributed by atoms with Crippen LogP contribution in [0, 0.1) is 5.82 Å². The highest BCUT2D eigenvalue weighted by atomic mass is 19.1. The molecule has 1 aliphatic heterocycles. The predicted molar refractivity (Wildman–Crippen MR) is 134 cm³/mol. The van der Waals surface area contributed by atoms with Gasteiger partial charge in [0.1, 0.15) is 12.4 Å². The smallest absolute Gasteiger partial charge is 0.253 e. The van der Waals surface area contributed by atoms with Crippen LogP contribution >= 0.6 is 0 Å². The van der Waals surface area contributed by atoms with E-state index in [-0.39, 0.29) is 30.7 Å². The number of halogens is 1. The van der Waals surface area contributed by atoms with E-state index < -0.39 is 11.9 Å². The van der Waals surface area contributed by atoms with Crippen LogP contribution in [0.4, 0.5) is 15.8 Å². The summed E-state index contributed by atoms with van der Waals surface area (Å²) in [5.74, 6) is -1.47. The molecule has 0 aromatic heterocycles. The van der Waals surface area contributed by atoms with Crippen molar-refractivity contribution in [2.24, 2.45) is 5.73 Å². The minimum Gasteiger partial charge on any atom is -0.375 e. The number of methoxy groups -OCH3 is 1. The van der Waals surface area contributed by atoms with Crippen molar-refractivity contribution < 1.29 is 23.5 Å². The van der Waals surface area contributed by atoms with Gasteiger partial charge in [-0.3, -0.25) is 14.4 Å². The first-order valence-corrected chi connectivity index (χ1v) is 11.5. The van der Waals surface area contributed by atoms with E-state index in [1.165, 1.54) is 24.1 Å². The summed E-state index contributed by atoms with van der Waals surface area (Å²) in [5.41, 5.74) is 9.23. The fraction of sp³-hybridized carbons (Fsp3) is 0.222. The Bertz CT molecular complexity index is 1280. The highest BCUT2D eigenvalue weighted by Gasteiger charge is 2.34. The van der Waals surface area contributed by atoms with E-state index in [0.717, 1.165) is 11.1 Å². The first kappa shape index (κ1) is 25.0. The van der Waals surface area contributed by atoms with Crippen molar-refractivity contribution in [2.75, 3.05) is 23.9 Å². The monoisotopic (exact) mass is 490 g/mol. The number of nitrogens with one attached hydrogen (secondary N) is 2. The molecule has 0 radical (unpaired) electrons. The van der Waals surface area contributed by atoms with Crippen LogP contribution < -0.4 is 21.3 Å². The van der Waals surface area contributed by atoms with Gasteiger partial charge in [-0.15, -0.1) is 0 Å². The molecule has 0 saturated carbocycles. The Morgan fingerprint density at radius 1 is 1.11 bits per heavy atom. The Kier molecular flexibility index (Phi) is 7.72. The van der Waals surface area contributed by atoms with Crippen LogP contribution in [0.15, 0.2) is 66.7 Å². The van der Waals surface area contributed by atoms with Crippen molar-refractivity contribution in [3.05, 3.63) is 94.8 Å². The van der Waals surface area contributed by atoms with Gasteiger partial charge in [0, 0.05) is 25.8 Å². The minimum absolute atomic E-state index is 0.0468. The van der Waals surface area contributed by atoms with E-state index in [9.17, 15) is 18.8 Å². The molecule has 4 N–H and O–H groups in total. The number of rotatable bonds is 7. The SMILES string of the molecule is COCC(=O)N1c2ccc(C(=O)NCc3cccc(CN)c3)cc2NC(=O)CC1c1ccc(F)cc1. The molecule has 1 atom stereocenters. The molecule has 1 aliphatic rings. The van der Waals surface area contributed by atoms with Crippen molar-refractivity contribution in [1.29, 1.82) is 0 Å². The normalized spacial score (nSPS) is 15.0. The van der Waals surface area contributed by atoms with Crippen LogP contribution in [0.2, 0.25) is 0 Å². The van der Waals surface area contributed by atoms with Crippen LogP contribution in [0.3, 0.4) is 0 Å². The Morgan fingerprint density at radius 3 is 2.58 bits per heavy atom. The maximum absolute atomic E-state index is 13.5. The number of anilines is 2. The summed E-state index contributed by atoms with van der Waals surface area (Å²) < 4.78 is 18.6. The van der Waals surface area contributed by atoms with E-state index in [2.05, 4.69) is 10.6 Å². The first-order valence-electron chi connectivity index (χ1n) is 11.5. The van der Waals surface area contributed by atoms with Gasteiger partial charge in [0.05, 0.1) is 23.8 Å². The van der Waals surface area contributed by atoms with Gasteiger partial charge < -0.3 is 26.0 Å². The number of amides is 3. The molecule has 0 bridgehead atoms. The van der Waals surface area contributed by atoms with Crippen LogP contribution in [-0.4, -0.2) is 31.4 Å². The second kappa shape index (κ2) is 11.1. The highest BCUT2D eigenvalue weighted by molar-refractivity contribution is 6.07. The number of benzene rings is 3. The number of carbonyl (C=O) groups is 3. The molecule has 9 heteroatoms. The van der Waals surface area contributed by atoms with E-state index in [0.29, 0.717) is 35.6 Å². The van der Waals surface area contributed by atoms with Crippen molar-refractivity contribution >= 4 is 29.1 Å². The van der Waals surface area contributed by atoms with Gasteiger partial charge in [-0.1, -0.05) is 36.4 Å². The average molecular weight is 491 g/mol. The summed E-state index contributed by atoms with van der Waals surface area (Å²) in [4.78, 5) is 40.2. The molecule has 3 aromatic carbocycles. The van der Waals surface area contributed by atoms with Crippen molar-refractivity contribution in [3.8, 4) is 0 Å². The first-order chi connectivity index (χ1) is 17.4. The summed E-state index contributed by atoms with van der Waals surface area (Å²) in [6.07, 6.45) is -0.0468. The topological polar surface area (TPSA) is 114 Å². The number of ether oxygens (including phenoxy) is 1. The Hall–Kier alpha value is -4.08. The zero-order chi connectivity index (χ0) is 25.7. The van der Waals surface area contributed by atoms with E-state index in [4.69, 9.17) is 10.5 Å². The molecule has 3 amide bonds. The molecule has 36 heavy (non-hydrogen) atoms. The van der Waals surface area contributed by atoms with Gasteiger partial charge in [0.15, 0.2) is 0 Å². The molecular formula is C27H27FN4O4.